The molecule has 3 rings (SSSR count). The van der Waals surface area contributed by atoms with Crippen molar-refractivity contribution in [3.05, 3.63) is 51.5 Å². The van der Waals surface area contributed by atoms with E-state index >= 15 is 0 Å². The molecule has 3 amide bonds. The summed E-state index contributed by atoms with van der Waals surface area (Å²) in [5, 5.41) is 19.7. The molecule has 1 aromatic carbocycles. The van der Waals surface area contributed by atoms with Crippen LogP contribution in [0.4, 0.5) is 0 Å². The summed E-state index contributed by atoms with van der Waals surface area (Å²) >= 11 is 1.58. The Morgan fingerprint density at radius 1 is 1.23 bits per heavy atom. The minimum atomic E-state index is -0.877. The van der Waals surface area contributed by atoms with Crippen molar-refractivity contribution in [1.82, 2.24) is 20.5 Å². The van der Waals surface area contributed by atoms with Gasteiger partial charge in [0, 0.05) is 30.8 Å². The molecule has 0 radical (unpaired) electrons. The number of aromatic nitrogens is 1. The summed E-state index contributed by atoms with van der Waals surface area (Å²) in [4.78, 5) is 49.2. The number of azide groups is 1. The van der Waals surface area contributed by atoms with Gasteiger partial charge in [-0.1, -0.05) is 50.2 Å². The van der Waals surface area contributed by atoms with Gasteiger partial charge in [0.15, 0.2) is 0 Å². The molecule has 2 aromatic rings. The fourth-order valence-corrected chi connectivity index (χ4v) is 5.57. The number of nitrogens with one attached hydrogen (secondary N) is 2. The molecule has 11 nitrogen and oxygen atoms in total. The zero-order valence-corrected chi connectivity index (χ0v) is 24.6. The molecule has 1 aliphatic rings. The van der Waals surface area contributed by atoms with E-state index in [2.05, 4.69) is 25.6 Å². The van der Waals surface area contributed by atoms with Crippen molar-refractivity contribution in [2.24, 2.45) is 10.5 Å². The second-order valence-corrected chi connectivity index (χ2v) is 12.1. The van der Waals surface area contributed by atoms with Gasteiger partial charge in [0.05, 0.1) is 28.2 Å². The highest BCUT2D eigenvalue weighted by Crippen LogP contribution is 2.29. The number of amides is 3. The third-order valence-corrected chi connectivity index (χ3v) is 8.01. The first-order valence-corrected chi connectivity index (χ1v) is 14.4. The molecule has 1 aliphatic heterocycles. The van der Waals surface area contributed by atoms with E-state index in [0.29, 0.717) is 19.4 Å². The number of aliphatic hydroxyl groups excluding tert-OH is 1. The first kappa shape index (κ1) is 31.1. The molecule has 216 valence electrons. The van der Waals surface area contributed by atoms with Gasteiger partial charge >= 0.3 is 0 Å². The molecule has 1 unspecified atom stereocenters. The summed E-state index contributed by atoms with van der Waals surface area (Å²) in [5.74, 6) is -1.04. The van der Waals surface area contributed by atoms with E-state index < -0.39 is 29.5 Å². The Hall–Kier alpha value is -3.47. The maximum absolute atomic E-state index is 13.7. The third kappa shape index (κ3) is 8.03. The summed E-state index contributed by atoms with van der Waals surface area (Å²) < 4.78 is 0. The Morgan fingerprint density at radius 2 is 1.93 bits per heavy atom. The lowest BCUT2D eigenvalue weighted by molar-refractivity contribution is -0.144. The number of carbonyl (C=O) groups excluding carboxylic acids is 3. The number of nitrogens with zero attached hydrogens (tertiary/aromatic N) is 5. The Morgan fingerprint density at radius 3 is 2.52 bits per heavy atom. The van der Waals surface area contributed by atoms with Crippen LogP contribution in [0.2, 0.25) is 0 Å². The van der Waals surface area contributed by atoms with Crippen molar-refractivity contribution in [2.45, 2.75) is 84.5 Å². The number of likely N-dealkylation sites (tertiary alicyclic amines) is 1. The maximum atomic E-state index is 13.7. The topological polar surface area (TPSA) is 160 Å². The molecule has 1 saturated heterocycles. The smallest absolute Gasteiger partial charge is 0.246 e. The fourth-order valence-electron chi connectivity index (χ4n) is 4.76. The van der Waals surface area contributed by atoms with E-state index in [0.717, 1.165) is 21.7 Å². The third-order valence-electron chi connectivity index (χ3n) is 7.04. The van der Waals surface area contributed by atoms with Crippen LogP contribution in [0.3, 0.4) is 0 Å². The van der Waals surface area contributed by atoms with Crippen molar-refractivity contribution in [3.63, 3.8) is 0 Å². The molecule has 1 fully saturated rings. The number of unbranched alkanes of at least 4 members (excludes halogenated alkanes) is 1. The van der Waals surface area contributed by atoms with Gasteiger partial charge in [-0.05, 0) is 48.8 Å². The van der Waals surface area contributed by atoms with Crippen LogP contribution in [-0.2, 0) is 14.4 Å². The second-order valence-electron chi connectivity index (χ2n) is 11.3. The molecule has 12 heteroatoms. The Labute approximate surface area is 239 Å². The van der Waals surface area contributed by atoms with Crippen molar-refractivity contribution < 1.29 is 19.5 Å². The zero-order chi connectivity index (χ0) is 29.4. The molecule has 1 aromatic heterocycles. The van der Waals surface area contributed by atoms with Crippen molar-refractivity contribution in [3.8, 4) is 10.4 Å². The fraction of sp³-hybridized carbons (Fsp3) is 0.571. The molecule has 0 spiro atoms. The summed E-state index contributed by atoms with van der Waals surface area (Å²) in [6.07, 6.45) is 0.558. The molecule has 0 saturated carbocycles. The van der Waals surface area contributed by atoms with E-state index in [-0.39, 0.29) is 37.2 Å². The maximum Gasteiger partial charge on any atom is 0.246 e. The van der Waals surface area contributed by atoms with Crippen molar-refractivity contribution in [2.75, 3.05) is 13.1 Å². The van der Waals surface area contributed by atoms with Crippen LogP contribution in [0.1, 0.15) is 70.7 Å². The van der Waals surface area contributed by atoms with Gasteiger partial charge in [0.1, 0.15) is 12.1 Å². The lowest BCUT2D eigenvalue weighted by atomic mass is 9.85. The Balaban J connectivity index is 1.67. The predicted molar refractivity (Wildman–Crippen MR) is 154 cm³/mol. The van der Waals surface area contributed by atoms with Crippen LogP contribution in [0.25, 0.3) is 20.9 Å². The molecular formula is C28H39N7O4S. The number of carbonyl (C=O) groups is 3. The molecule has 40 heavy (non-hydrogen) atoms. The average molecular weight is 570 g/mol. The van der Waals surface area contributed by atoms with Crippen molar-refractivity contribution in [1.29, 1.82) is 0 Å². The van der Waals surface area contributed by atoms with Gasteiger partial charge in [-0.25, -0.2) is 4.98 Å². The number of thiazole rings is 1. The van der Waals surface area contributed by atoms with Gasteiger partial charge < -0.3 is 20.6 Å². The van der Waals surface area contributed by atoms with Crippen LogP contribution in [0.5, 0.6) is 0 Å². The number of β-amino-alcohol motifs (C(OH)–C–C–N with tert-alkyl or cyclic N) is 1. The lowest BCUT2D eigenvalue weighted by Gasteiger charge is -2.35. The quantitative estimate of drug-likeness (QED) is 0.159. The van der Waals surface area contributed by atoms with E-state index in [1.807, 2.05) is 64.4 Å². The SMILES string of the molecule is Cc1ncsc1-c1ccc([C@H](C)NC(=O)[C@@H]2C[C@@H](O)CN2C(=O)C(NC(=O)CCCCN=[N+]=[N-])C(C)(C)C)cc1. The first-order chi connectivity index (χ1) is 18.9. The number of hydrogen-bond donors (Lipinski definition) is 3. The standard InChI is InChI=1S/C28H39N7O4S/c1-17(19-9-11-20(12-10-19)24-18(2)30-16-40-24)32-26(38)22-14-21(36)15-35(22)27(39)25(28(3,4)5)33-23(37)8-6-7-13-31-34-29/h9-12,16-17,21-22,25,36H,6-8,13-15H2,1-5H3,(H,32,38)(H,33,37)/t17-,21+,22-,25?/m0/s1. The number of aliphatic hydroxyl groups is 1. The van der Waals surface area contributed by atoms with Gasteiger partial charge in [0.2, 0.25) is 17.7 Å². The number of benzene rings is 1. The molecule has 4 atom stereocenters. The van der Waals surface area contributed by atoms with Crippen LogP contribution >= 0.6 is 11.3 Å². The monoisotopic (exact) mass is 569 g/mol. The molecule has 3 N–H and O–H groups in total. The molecule has 2 heterocycles. The van der Waals surface area contributed by atoms with Gasteiger partial charge in [-0.15, -0.1) is 11.3 Å². The lowest BCUT2D eigenvalue weighted by Crippen LogP contribution is -2.57. The first-order valence-electron chi connectivity index (χ1n) is 13.5. The minimum absolute atomic E-state index is 0.0167. The van der Waals surface area contributed by atoms with E-state index in [1.165, 1.54) is 4.90 Å². The number of aryl methyl sites for hydroxylation is 1. The number of hydrogen-bond acceptors (Lipinski definition) is 7. The highest BCUT2D eigenvalue weighted by atomic mass is 32.1. The van der Waals surface area contributed by atoms with Gasteiger partial charge in [0.25, 0.3) is 0 Å². The zero-order valence-electron chi connectivity index (χ0n) is 23.8. The van der Waals surface area contributed by atoms with Crippen LogP contribution in [0.15, 0.2) is 34.9 Å². The van der Waals surface area contributed by atoms with Crippen LogP contribution < -0.4 is 10.6 Å². The molecular weight excluding hydrogens is 530 g/mol. The van der Waals surface area contributed by atoms with Crippen LogP contribution in [0, 0.1) is 12.3 Å². The van der Waals surface area contributed by atoms with Crippen molar-refractivity contribution >= 4 is 29.1 Å². The van der Waals surface area contributed by atoms with E-state index in [9.17, 15) is 19.5 Å². The van der Waals surface area contributed by atoms with Crippen LogP contribution in [-0.4, -0.2) is 64.0 Å². The van der Waals surface area contributed by atoms with Gasteiger partial charge in [-0.3, -0.25) is 14.4 Å². The van der Waals surface area contributed by atoms with E-state index in [4.69, 9.17) is 5.53 Å². The Bertz CT molecular complexity index is 1230. The summed E-state index contributed by atoms with van der Waals surface area (Å²) in [5.41, 5.74) is 12.5. The number of rotatable bonds is 11. The summed E-state index contributed by atoms with van der Waals surface area (Å²) in [6, 6.07) is 5.88. The predicted octanol–water partition coefficient (Wildman–Crippen LogP) is 4.27. The largest absolute Gasteiger partial charge is 0.391 e. The Kier molecular flexibility index (Phi) is 10.7. The normalized spacial score (nSPS) is 18.5. The summed E-state index contributed by atoms with van der Waals surface area (Å²) in [6.45, 7) is 9.71. The highest BCUT2D eigenvalue weighted by molar-refractivity contribution is 7.13. The summed E-state index contributed by atoms with van der Waals surface area (Å²) in [7, 11) is 0. The molecule has 0 aliphatic carbocycles. The average Bonchev–Trinajstić information content (AvgIpc) is 3.51. The van der Waals surface area contributed by atoms with E-state index in [1.54, 1.807) is 11.3 Å². The van der Waals surface area contributed by atoms with Gasteiger partial charge in [-0.2, -0.15) is 0 Å². The second kappa shape index (κ2) is 13.7. The molecule has 0 bridgehead atoms. The highest BCUT2D eigenvalue weighted by Gasteiger charge is 2.44. The minimum Gasteiger partial charge on any atom is -0.391 e.